The first-order valence-corrected chi connectivity index (χ1v) is 6.47. The molecule has 4 nitrogen and oxygen atoms in total. The van der Waals surface area contributed by atoms with E-state index in [1.54, 1.807) is 0 Å². The molecule has 0 amide bonds. The number of ether oxygens (including phenoxy) is 1. The highest BCUT2D eigenvalue weighted by molar-refractivity contribution is 5.45. The molecule has 0 aromatic carbocycles. The number of hydrogen-bond donors (Lipinski definition) is 1. The fraction of sp³-hybridized carbons (Fsp3) is 0.615. The van der Waals surface area contributed by atoms with Crippen LogP contribution in [-0.2, 0) is 4.74 Å². The van der Waals surface area contributed by atoms with Gasteiger partial charge < -0.3 is 15.0 Å². The van der Waals surface area contributed by atoms with Crippen molar-refractivity contribution in [2.45, 2.75) is 18.9 Å². The molecule has 92 valence electrons. The normalized spacial score (nSPS) is 25.2. The molecule has 3 heterocycles. The first-order chi connectivity index (χ1) is 8.43. The molecule has 1 aromatic rings. The molecule has 17 heavy (non-hydrogen) atoms. The summed E-state index contributed by atoms with van der Waals surface area (Å²) >= 11 is 0. The summed E-state index contributed by atoms with van der Waals surface area (Å²) in [4.78, 5) is 6.94. The van der Waals surface area contributed by atoms with Crippen LogP contribution >= 0.6 is 0 Å². The summed E-state index contributed by atoms with van der Waals surface area (Å²) in [7, 11) is 0. The number of hydrogen-bond acceptors (Lipinski definition) is 4. The Morgan fingerprint density at radius 1 is 1.29 bits per heavy atom. The van der Waals surface area contributed by atoms with Gasteiger partial charge in [-0.15, -0.1) is 0 Å². The van der Waals surface area contributed by atoms with Crippen molar-refractivity contribution in [3.63, 3.8) is 0 Å². The summed E-state index contributed by atoms with van der Waals surface area (Å²) in [5.41, 5.74) is 2.29. The SMILES string of the molecule is c1cc([C@H]2CNCCO2)ncc1N1CCCC1. The van der Waals surface area contributed by atoms with Gasteiger partial charge >= 0.3 is 0 Å². The largest absolute Gasteiger partial charge is 0.370 e. The lowest BCUT2D eigenvalue weighted by Gasteiger charge is -2.24. The van der Waals surface area contributed by atoms with Crippen LogP contribution in [0, 0.1) is 0 Å². The van der Waals surface area contributed by atoms with Gasteiger partial charge in [0.1, 0.15) is 6.10 Å². The van der Waals surface area contributed by atoms with Crippen molar-refractivity contribution >= 4 is 5.69 Å². The number of morpholine rings is 1. The number of pyridine rings is 1. The highest BCUT2D eigenvalue weighted by Gasteiger charge is 2.18. The Balaban J connectivity index is 1.70. The molecule has 0 aliphatic carbocycles. The van der Waals surface area contributed by atoms with Gasteiger partial charge in [-0.3, -0.25) is 4.98 Å². The maximum Gasteiger partial charge on any atom is 0.112 e. The molecule has 2 saturated heterocycles. The van der Waals surface area contributed by atoms with E-state index in [4.69, 9.17) is 4.74 Å². The van der Waals surface area contributed by atoms with Gasteiger partial charge in [0.15, 0.2) is 0 Å². The van der Waals surface area contributed by atoms with Crippen molar-refractivity contribution in [1.29, 1.82) is 0 Å². The van der Waals surface area contributed by atoms with Crippen LogP contribution in [0.2, 0.25) is 0 Å². The molecule has 0 spiro atoms. The summed E-state index contributed by atoms with van der Waals surface area (Å²) in [6, 6.07) is 4.27. The van der Waals surface area contributed by atoms with Crippen molar-refractivity contribution in [3.8, 4) is 0 Å². The van der Waals surface area contributed by atoms with E-state index in [9.17, 15) is 0 Å². The van der Waals surface area contributed by atoms with E-state index in [2.05, 4.69) is 27.3 Å². The maximum absolute atomic E-state index is 5.69. The smallest absolute Gasteiger partial charge is 0.112 e. The van der Waals surface area contributed by atoms with Crippen LogP contribution in [0.3, 0.4) is 0 Å². The minimum atomic E-state index is 0.122. The molecule has 2 fully saturated rings. The van der Waals surface area contributed by atoms with Crippen LogP contribution in [0.25, 0.3) is 0 Å². The van der Waals surface area contributed by atoms with Gasteiger partial charge in [0.05, 0.1) is 24.2 Å². The molecular weight excluding hydrogens is 214 g/mol. The number of nitrogens with zero attached hydrogens (tertiary/aromatic N) is 2. The summed E-state index contributed by atoms with van der Waals surface area (Å²) in [5, 5.41) is 3.33. The molecule has 2 aliphatic rings. The third-order valence-electron chi connectivity index (χ3n) is 3.50. The van der Waals surface area contributed by atoms with E-state index in [1.165, 1.54) is 31.6 Å². The van der Waals surface area contributed by atoms with Crippen LogP contribution in [0.5, 0.6) is 0 Å². The van der Waals surface area contributed by atoms with Crippen molar-refractivity contribution in [1.82, 2.24) is 10.3 Å². The van der Waals surface area contributed by atoms with Gasteiger partial charge in [-0.2, -0.15) is 0 Å². The molecular formula is C13H19N3O. The minimum absolute atomic E-state index is 0.122. The maximum atomic E-state index is 5.69. The zero-order valence-corrected chi connectivity index (χ0v) is 10.1. The summed E-state index contributed by atoms with van der Waals surface area (Å²) in [5.74, 6) is 0. The predicted octanol–water partition coefficient (Wildman–Crippen LogP) is 1.34. The van der Waals surface area contributed by atoms with E-state index in [0.29, 0.717) is 0 Å². The summed E-state index contributed by atoms with van der Waals surface area (Å²) in [6.45, 7) is 4.93. The lowest BCUT2D eigenvalue weighted by atomic mass is 10.2. The fourth-order valence-electron chi connectivity index (χ4n) is 2.51. The Hall–Kier alpha value is -1.13. The molecule has 1 N–H and O–H groups in total. The first-order valence-electron chi connectivity index (χ1n) is 6.47. The molecule has 0 bridgehead atoms. The zero-order valence-electron chi connectivity index (χ0n) is 10.1. The van der Waals surface area contributed by atoms with Gasteiger partial charge in [-0.25, -0.2) is 0 Å². The van der Waals surface area contributed by atoms with Gasteiger partial charge in [-0.05, 0) is 25.0 Å². The molecule has 0 saturated carbocycles. The van der Waals surface area contributed by atoms with E-state index in [0.717, 1.165) is 25.4 Å². The second-order valence-corrected chi connectivity index (χ2v) is 4.70. The average Bonchev–Trinajstić information content (AvgIpc) is 2.94. The molecule has 2 aliphatic heterocycles. The molecule has 4 heteroatoms. The van der Waals surface area contributed by atoms with Gasteiger partial charge in [-0.1, -0.05) is 0 Å². The second-order valence-electron chi connectivity index (χ2n) is 4.70. The highest BCUT2D eigenvalue weighted by Crippen LogP contribution is 2.22. The fourth-order valence-corrected chi connectivity index (χ4v) is 2.51. The molecule has 0 unspecified atom stereocenters. The molecule has 1 atom stereocenters. The van der Waals surface area contributed by atoms with E-state index < -0.39 is 0 Å². The zero-order chi connectivity index (χ0) is 11.5. The van der Waals surface area contributed by atoms with Crippen molar-refractivity contribution < 1.29 is 4.74 Å². The Kier molecular flexibility index (Phi) is 3.25. The Bertz CT molecular complexity index is 353. The third-order valence-corrected chi connectivity index (χ3v) is 3.50. The lowest BCUT2D eigenvalue weighted by Crippen LogP contribution is -2.33. The number of anilines is 1. The monoisotopic (exact) mass is 233 g/mol. The van der Waals surface area contributed by atoms with Crippen LogP contribution < -0.4 is 10.2 Å². The molecule has 0 radical (unpaired) electrons. The quantitative estimate of drug-likeness (QED) is 0.836. The Labute approximate surface area is 102 Å². The van der Waals surface area contributed by atoms with Gasteiger partial charge in [0.25, 0.3) is 0 Å². The Morgan fingerprint density at radius 3 is 2.82 bits per heavy atom. The predicted molar refractivity (Wildman–Crippen MR) is 67.2 cm³/mol. The van der Waals surface area contributed by atoms with Crippen LogP contribution in [0.15, 0.2) is 18.3 Å². The van der Waals surface area contributed by atoms with Crippen LogP contribution in [0.1, 0.15) is 24.6 Å². The second kappa shape index (κ2) is 5.02. The standard InChI is InChI=1S/C13H19N3O/c1-2-7-16(6-1)11-3-4-12(15-9-11)13-10-14-5-8-17-13/h3-4,9,13-14H,1-2,5-8,10H2/t13-/m1/s1. The Morgan fingerprint density at radius 2 is 2.18 bits per heavy atom. The van der Waals surface area contributed by atoms with E-state index >= 15 is 0 Å². The number of nitrogens with one attached hydrogen (secondary N) is 1. The number of rotatable bonds is 2. The minimum Gasteiger partial charge on any atom is -0.370 e. The topological polar surface area (TPSA) is 37.4 Å². The summed E-state index contributed by atoms with van der Waals surface area (Å²) < 4.78 is 5.69. The molecule has 3 rings (SSSR count). The molecule has 1 aromatic heterocycles. The van der Waals surface area contributed by atoms with Crippen molar-refractivity contribution in [2.24, 2.45) is 0 Å². The van der Waals surface area contributed by atoms with Crippen LogP contribution in [-0.4, -0.2) is 37.8 Å². The van der Waals surface area contributed by atoms with Crippen molar-refractivity contribution in [2.75, 3.05) is 37.7 Å². The van der Waals surface area contributed by atoms with E-state index in [1.807, 2.05) is 6.20 Å². The number of aromatic nitrogens is 1. The van der Waals surface area contributed by atoms with Crippen LogP contribution in [0.4, 0.5) is 5.69 Å². The third kappa shape index (κ3) is 2.42. The highest BCUT2D eigenvalue weighted by atomic mass is 16.5. The van der Waals surface area contributed by atoms with Gasteiger partial charge in [0, 0.05) is 26.2 Å². The summed E-state index contributed by atoms with van der Waals surface area (Å²) in [6.07, 6.45) is 4.71. The van der Waals surface area contributed by atoms with E-state index in [-0.39, 0.29) is 6.10 Å². The first kappa shape index (κ1) is 11.0. The lowest BCUT2D eigenvalue weighted by molar-refractivity contribution is 0.0250. The average molecular weight is 233 g/mol. The van der Waals surface area contributed by atoms with Gasteiger partial charge in [0.2, 0.25) is 0 Å². The van der Waals surface area contributed by atoms with Crippen molar-refractivity contribution in [3.05, 3.63) is 24.0 Å².